The van der Waals surface area contributed by atoms with Crippen molar-refractivity contribution in [2.75, 3.05) is 33.9 Å². The number of aliphatic imine (C=N–C) groups is 1. The van der Waals surface area contributed by atoms with Gasteiger partial charge in [0, 0.05) is 20.7 Å². The Hall–Kier alpha value is -0.540. The van der Waals surface area contributed by atoms with Gasteiger partial charge in [0.15, 0.2) is 5.96 Å². The highest BCUT2D eigenvalue weighted by atomic mass is 127. The molecular weight excluding hydrogens is 449 g/mol. The Morgan fingerprint density at radius 3 is 2.67 bits per heavy atom. The normalized spacial score (nSPS) is 12.3. The molecule has 0 bridgehead atoms. The molecule has 0 radical (unpaired) electrons. The Balaban J connectivity index is 0.00000400. The third-order valence-electron chi connectivity index (χ3n) is 2.54. The van der Waals surface area contributed by atoms with Gasteiger partial charge in [0.2, 0.25) is 0 Å². The summed E-state index contributed by atoms with van der Waals surface area (Å²) in [6, 6.07) is 7.81. The average Bonchev–Trinajstić information content (AvgIpc) is 2.45. The predicted molar refractivity (Wildman–Crippen MR) is 101 cm³/mol. The maximum absolute atomic E-state index is 5.85. The summed E-state index contributed by atoms with van der Waals surface area (Å²) < 4.78 is 11.8. The lowest BCUT2D eigenvalue weighted by Gasteiger charge is -2.18. The number of ether oxygens (including phenoxy) is 2. The van der Waals surface area contributed by atoms with Crippen LogP contribution >= 0.6 is 39.9 Å². The highest BCUT2D eigenvalue weighted by Crippen LogP contribution is 2.24. The van der Waals surface area contributed by atoms with Crippen LogP contribution in [-0.2, 0) is 4.74 Å². The number of guanidine groups is 1. The largest absolute Gasteiger partial charge is 0.488 e. The molecule has 0 aliphatic carbocycles. The number of methoxy groups -OCH3 is 1. The molecule has 0 aliphatic rings. The van der Waals surface area contributed by atoms with Gasteiger partial charge in [-0.05, 0) is 35.0 Å². The van der Waals surface area contributed by atoms with Gasteiger partial charge in [0.1, 0.15) is 11.9 Å². The molecule has 120 valence electrons. The summed E-state index contributed by atoms with van der Waals surface area (Å²) in [6.07, 6.45) is 0.0228. The van der Waals surface area contributed by atoms with E-state index in [2.05, 4.69) is 31.6 Å². The second-order valence-corrected chi connectivity index (χ2v) is 5.09. The molecule has 1 aromatic rings. The molecule has 0 spiro atoms. The summed E-state index contributed by atoms with van der Waals surface area (Å²) in [4.78, 5) is 4.13. The Morgan fingerprint density at radius 2 is 2.05 bits per heavy atom. The van der Waals surface area contributed by atoms with E-state index >= 15 is 0 Å². The van der Waals surface area contributed by atoms with Gasteiger partial charge >= 0.3 is 0 Å². The van der Waals surface area contributed by atoms with Crippen molar-refractivity contribution < 1.29 is 9.47 Å². The van der Waals surface area contributed by atoms with Crippen LogP contribution in [0.3, 0.4) is 0 Å². The molecule has 0 saturated heterocycles. The van der Waals surface area contributed by atoms with E-state index in [1.165, 1.54) is 0 Å². The first kappa shape index (κ1) is 20.5. The molecule has 0 heterocycles. The van der Waals surface area contributed by atoms with Crippen LogP contribution in [0.5, 0.6) is 5.75 Å². The highest BCUT2D eigenvalue weighted by Gasteiger charge is 2.07. The van der Waals surface area contributed by atoms with Crippen LogP contribution in [0.4, 0.5) is 0 Å². The van der Waals surface area contributed by atoms with E-state index < -0.39 is 0 Å². The van der Waals surface area contributed by atoms with E-state index in [0.29, 0.717) is 13.2 Å². The molecule has 5 nitrogen and oxygen atoms in total. The molecule has 2 N–H and O–H groups in total. The number of halogens is 2. The lowest BCUT2D eigenvalue weighted by Crippen LogP contribution is -2.42. The van der Waals surface area contributed by atoms with Gasteiger partial charge in [-0.25, -0.2) is 0 Å². The van der Waals surface area contributed by atoms with Crippen molar-refractivity contribution in [2.24, 2.45) is 4.99 Å². The lowest BCUT2D eigenvalue weighted by atomic mass is 10.3. The number of rotatable bonds is 7. The van der Waals surface area contributed by atoms with E-state index in [-0.39, 0.29) is 30.1 Å². The predicted octanol–water partition coefficient (Wildman–Crippen LogP) is 2.65. The van der Waals surface area contributed by atoms with Gasteiger partial charge in [-0.15, -0.1) is 24.0 Å². The van der Waals surface area contributed by atoms with Gasteiger partial charge in [-0.3, -0.25) is 4.99 Å². The van der Waals surface area contributed by atoms with E-state index in [1.54, 1.807) is 14.2 Å². The van der Waals surface area contributed by atoms with E-state index in [9.17, 15) is 0 Å². The maximum Gasteiger partial charge on any atom is 0.191 e. The standard InChI is InChI=1S/C14H22BrN3O2.HI/c1-11(20-13-7-5-4-6-12(13)15)10-18-14(16-2)17-8-9-19-3;/h4-7,11H,8-10H2,1-3H3,(H2,16,17,18);1H. The van der Waals surface area contributed by atoms with Crippen LogP contribution in [0, 0.1) is 0 Å². The summed E-state index contributed by atoms with van der Waals surface area (Å²) >= 11 is 3.47. The molecule has 21 heavy (non-hydrogen) atoms. The molecule has 1 rings (SSSR count). The number of hydrogen-bond acceptors (Lipinski definition) is 3. The van der Waals surface area contributed by atoms with Crippen LogP contribution in [0.1, 0.15) is 6.92 Å². The molecule has 7 heteroatoms. The summed E-state index contributed by atoms with van der Waals surface area (Å²) in [5.74, 6) is 1.58. The van der Waals surface area contributed by atoms with Crippen molar-refractivity contribution in [3.8, 4) is 5.75 Å². The third-order valence-corrected chi connectivity index (χ3v) is 3.20. The van der Waals surface area contributed by atoms with Crippen molar-refractivity contribution in [3.05, 3.63) is 28.7 Å². The number of nitrogens with one attached hydrogen (secondary N) is 2. The van der Waals surface area contributed by atoms with Crippen molar-refractivity contribution in [1.82, 2.24) is 10.6 Å². The minimum atomic E-state index is 0. The topological polar surface area (TPSA) is 54.9 Å². The van der Waals surface area contributed by atoms with Crippen molar-refractivity contribution in [1.29, 1.82) is 0 Å². The summed E-state index contributed by atoms with van der Waals surface area (Å²) in [5, 5.41) is 6.36. The fourth-order valence-corrected chi connectivity index (χ4v) is 1.91. The molecule has 1 atom stereocenters. The molecule has 0 aromatic heterocycles. The van der Waals surface area contributed by atoms with Gasteiger partial charge in [-0.1, -0.05) is 12.1 Å². The minimum Gasteiger partial charge on any atom is -0.488 e. The van der Waals surface area contributed by atoms with Crippen LogP contribution in [0.2, 0.25) is 0 Å². The Bertz CT molecular complexity index is 432. The van der Waals surface area contributed by atoms with Crippen LogP contribution in [0.15, 0.2) is 33.7 Å². The molecule has 1 aromatic carbocycles. The Kier molecular flexibility index (Phi) is 11.7. The van der Waals surface area contributed by atoms with Crippen LogP contribution in [-0.4, -0.2) is 45.9 Å². The average molecular weight is 472 g/mol. The highest BCUT2D eigenvalue weighted by molar-refractivity contribution is 14.0. The molecule has 0 amide bonds. The smallest absolute Gasteiger partial charge is 0.191 e. The molecule has 0 saturated carbocycles. The van der Waals surface area contributed by atoms with Gasteiger partial charge in [0.05, 0.1) is 17.6 Å². The fourth-order valence-electron chi connectivity index (χ4n) is 1.53. The maximum atomic E-state index is 5.85. The summed E-state index contributed by atoms with van der Waals surface area (Å²) in [5.41, 5.74) is 0. The molecule has 1 unspecified atom stereocenters. The van der Waals surface area contributed by atoms with Gasteiger partial charge in [-0.2, -0.15) is 0 Å². The molecule has 0 aliphatic heterocycles. The summed E-state index contributed by atoms with van der Waals surface area (Å²) in [6.45, 7) is 4.03. The van der Waals surface area contributed by atoms with Crippen molar-refractivity contribution in [3.63, 3.8) is 0 Å². The van der Waals surface area contributed by atoms with Crippen molar-refractivity contribution >= 4 is 45.9 Å². The number of hydrogen-bond donors (Lipinski definition) is 2. The second-order valence-electron chi connectivity index (χ2n) is 4.23. The third kappa shape index (κ3) is 8.47. The van der Waals surface area contributed by atoms with E-state index in [1.807, 2.05) is 31.2 Å². The zero-order chi connectivity index (χ0) is 14.8. The van der Waals surface area contributed by atoms with E-state index in [0.717, 1.165) is 22.7 Å². The molecular formula is C14H23BrIN3O2. The lowest BCUT2D eigenvalue weighted by molar-refractivity contribution is 0.203. The zero-order valence-electron chi connectivity index (χ0n) is 12.6. The van der Waals surface area contributed by atoms with Gasteiger partial charge < -0.3 is 20.1 Å². The monoisotopic (exact) mass is 471 g/mol. The van der Waals surface area contributed by atoms with E-state index in [4.69, 9.17) is 9.47 Å². The SMILES string of the molecule is CN=C(NCCOC)NCC(C)Oc1ccccc1Br.I. The number of nitrogens with zero attached hydrogens (tertiary/aromatic N) is 1. The molecule has 0 fully saturated rings. The van der Waals surface area contributed by atoms with Gasteiger partial charge in [0.25, 0.3) is 0 Å². The minimum absolute atomic E-state index is 0. The van der Waals surface area contributed by atoms with Crippen LogP contribution in [0.25, 0.3) is 0 Å². The summed E-state index contributed by atoms with van der Waals surface area (Å²) in [7, 11) is 3.41. The van der Waals surface area contributed by atoms with Crippen molar-refractivity contribution in [2.45, 2.75) is 13.0 Å². The van der Waals surface area contributed by atoms with Crippen LogP contribution < -0.4 is 15.4 Å². The fraction of sp³-hybridized carbons (Fsp3) is 0.500. The zero-order valence-corrected chi connectivity index (χ0v) is 16.5. The number of benzene rings is 1. The second kappa shape index (κ2) is 12.0. The number of para-hydroxylation sites is 1. The quantitative estimate of drug-likeness (QED) is 0.278. The first-order valence-corrected chi connectivity index (χ1v) is 7.31. The Labute approximate surface area is 152 Å². The first-order chi connectivity index (χ1) is 9.67. The first-order valence-electron chi connectivity index (χ1n) is 6.52. The Morgan fingerprint density at radius 1 is 1.33 bits per heavy atom.